The molecule has 6 nitrogen and oxygen atoms in total. The summed E-state index contributed by atoms with van der Waals surface area (Å²) in [5.74, 6) is 13.4. The summed E-state index contributed by atoms with van der Waals surface area (Å²) < 4.78 is 21.6. The minimum atomic E-state index is -0.405. The number of carbonyl (C=O) groups excluding carboxylic acids is 2. The van der Waals surface area contributed by atoms with E-state index in [1.54, 1.807) is 14.2 Å². The Kier molecular flexibility index (Phi) is 11.8. The van der Waals surface area contributed by atoms with Crippen LogP contribution in [0.2, 0.25) is 0 Å². The molecule has 0 saturated heterocycles. The van der Waals surface area contributed by atoms with Gasteiger partial charge in [0.2, 0.25) is 0 Å². The molecule has 0 aliphatic carbocycles. The van der Waals surface area contributed by atoms with Crippen molar-refractivity contribution in [2.45, 2.75) is 0 Å². The molecule has 0 aliphatic heterocycles. The average Bonchev–Trinajstić information content (AvgIpc) is 3.29. The van der Waals surface area contributed by atoms with E-state index in [0.717, 1.165) is 55.6 Å². The van der Waals surface area contributed by atoms with Crippen LogP contribution >= 0.6 is 0 Å². The lowest BCUT2D eigenvalue weighted by molar-refractivity contribution is 0.0593. The first-order valence-corrected chi connectivity index (χ1v) is 18.5. The molecular weight excluding hydrogens is 721 g/mol. The lowest BCUT2D eigenvalue weighted by atomic mass is 9.91. The lowest BCUT2D eigenvalue weighted by Crippen LogP contribution is -2.06. The Morgan fingerprint density at radius 3 is 1.02 bits per heavy atom. The highest BCUT2D eigenvalue weighted by Gasteiger charge is 2.20. The van der Waals surface area contributed by atoms with Gasteiger partial charge in [-0.2, -0.15) is 0 Å². The first-order chi connectivity index (χ1) is 28.4. The van der Waals surface area contributed by atoms with Gasteiger partial charge in [-0.1, -0.05) is 145 Å². The van der Waals surface area contributed by atoms with Gasteiger partial charge in [0.1, 0.15) is 0 Å². The second kappa shape index (κ2) is 17.8. The van der Waals surface area contributed by atoms with Gasteiger partial charge < -0.3 is 18.9 Å². The maximum atomic E-state index is 13.1. The Bertz CT molecular complexity index is 2540. The topological polar surface area (TPSA) is 71.1 Å². The van der Waals surface area contributed by atoms with Gasteiger partial charge in [0.05, 0.1) is 39.6 Å². The Morgan fingerprint density at radius 1 is 0.379 bits per heavy atom. The van der Waals surface area contributed by atoms with E-state index in [2.05, 4.69) is 23.7 Å². The highest BCUT2D eigenvalue weighted by Crippen LogP contribution is 2.35. The molecule has 0 atom stereocenters. The van der Waals surface area contributed by atoms with Crippen molar-refractivity contribution < 1.29 is 28.5 Å². The summed E-state index contributed by atoms with van der Waals surface area (Å²) in [6.07, 6.45) is 0. The monoisotopic (exact) mass is 758 g/mol. The normalized spacial score (nSPS) is 10.3. The van der Waals surface area contributed by atoms with Gasteiger partial charge in [-0.25, -0.2) is 9.59 Å². The first-order valence-electron chi connectivity index (χ1n) is 18.5. The quantitative estimate of drug-likeness (QED) is 0.114. The summed E-state index contributed by atoms with van der Waals surface area (Å²) in [7, 11) is 5.95. The Balaban J connectivity index is 1.19. The van der Waals surface area contributed by atoms with Crippen molar-refractivity contribution in [3.8, 4) is 79.7 Å². The Labute approximate surface area is 338 Å². The van der Waals surface area contributed by atoms with Crippen LogP contribution in [0.3, 0.4) is 0 Å². The molecule has 0 bridgehead atoms. The van der Waals surface area contributed by atoms with E-state index in [1.807, 2.05) is 158 Å². The molecular formula is C52H38O6. The molecule has 0 heterocycles. The van der Waals surface area contributed by atoms with Crippen molar-refractivity contribution in [3.63, 3.8) is 0 Å². The molecule has 0 N–H and O–H groups in total. The van der Waals surface area contributed by atoms with Crippen LogP contribution in [0, 0.1) is 23.7 Å². The molecule has 7 rings (SSSR count). The number of hydrogen-bond acceptors (Lipinski definition) is 6. The minimum absolute atomic E-state index is 0.405. The van der Waals surface area contributed by atoms with Crippen LogP contribution in [0.4, 0.5) is 0 Å². The molecule has 0 fully saturated rings. The maximum Gasteiger partial charge on any atom is 0.339 e. The fraction of sp³-hybridized carbons (Fsp3) is 0.0769. The zero-order valence-corrected chi connectivity index (χ0v) is 32.5. The van der Waals surface area contributed by atoms with Gasteiger partial charge >= 0.3 is 11.9 Å². The number of benzene rings is 7. The van der Waals surface area contributed by atoms with Gasteiger partial charge in [0.15, 0.2) is 11.5 Å². The van der Waals surface area contributed by atoms with Gasteiger partial charge in [0.25, 0.3) is 0 Å². The van der Waals surface area contributed by atoms with Crippen LogP contribution in [-0.2, 0) is 9.47 Å². The number of carbonyl (C=O) groups is 2. The molecule has 0 amide bonds. The van der Waals surface area contributed by atoms with E-state index >= 15 is 0 Å². The van der Waals surface area contributed by atoms with Crippen molar-refractivity contribution in [2.24, 2.45) is 0 Å². The van der Waals surface area contributed by atoms with Gasteiger partial charge in [-0.05, 0) is 68.8 Å². The third-order valence-electron chi connectivity index (χ3n) is 9.68. The second-order valence-corrected chi connectivity index (χ2v) is 13.1. The fourth-order valence-corrected chi connectivity index (χ4v) is 6.78. The van der Waals surface area contributed by atoms with Gasteiger partial charge in [0, 0.05) is 34.4 Å². The number of methoxy groups -OCH3 is 4. The molecule has 282 valence electrons. The maximum absolute atomic E-state index is 13.1. The van der Waals surface area contributed by atoms with E-state index in [1.165, 1.54) is 14.2 Å². The van der Waals surface area contributed by atoms with Gasteiger partial charge in [-0.15, -0.1) is 0 Å². The number of esters is 2. The van der Waals surface area contributed by atoms with Crippen LogP contribution in [0.1, 0.15) is 43.0 Å². The second-order valence-electron chi connectivity index (χ2n) is 13.1. The van der Waals surface area contributed by atoms with E-state index in [4.69, 9.17) is 18.9 Å². The highest BCUT2D eigenvalue weighted by atomic mass is 16.5. The molecule has 0 saturated carbocycles. The third-order valence-corrected chi connectivity index (χ3v) is 9.68. The smallest absolute Gasteiger partial charge is 0.339 e. The fourth-order valence-electron chi connectivity index (χ4n) is 6.78. The molecule has 6 heteroatoms. The first kappa shape index (κ1) is 38.5. The predicted molar refractivity (Wildman–Crippen MR) is 229 cm³/mol. The molecule has 0 aromatic heterocycles. The Morgan fingerprint density at radius 2 is 0.707 bits per heavy atom. The van der Waals surface area contributed by atoms with Crippen molar-refractivity contribution in [1.82, 2.24) is 0 Å². The average molecular weight is 759 g/mol. The molecule has 0 radical (unpaired) electrons. The van der Waals surface area contributed by atoms with Crippen molar-refractivity contribution in [2.75, 3.05) is 28.4 Å². The van der Waals surface area contributed by atoms with E-state index in [9.17, 15) is 9.59 Å². The van der Waals surface area contributed by atoms with Crippen LogP contribution in [0.25, 0.3) is 44.5 Å². The molecule has 0 aliphatic rings. The Hall–Kier alpha value is -7.80. The van der Waals surface area contributed by atoms with Crippen molar-refractivity contribution in [1.29, 1.82) is 0 Å². The molecule has 7 aromatic rings. The summed E-state index contributed by atoms with van der Waals surface area (Å²) >= 11 is 0. The van der Waals surface area contributed by atoms with Crippen molar-refractivity contribution in [3.05, 3.63) is 191 Å². The SMILES string of the molecule is COC(=O)c1c(-c2ccccc2)cccc1-c1ccc(C#Cc2cc(OC)c(OC)cc2C#Cc2ccc(-c3cccc(-c4ccccc4)c3C(=O)OC)cc2)cc1. The van der Waals surface area contributed by atoms with Crippen LogP contribution in [0.5, 0.6) is 11.5 Å². The number of ether oxygens (including phenoxy) is 4. The molecule has 7 aromatic carbocycles. The molecule has 0 spiro atoms. The summed E-state index contributed by atoms with van der Waals surface area (Å²) in [4.78, 5) is 26.2. The summed E-state index contributed by atoms with van der Waals surface area (Å²) in [6, 6.07) is 50.3. The van der Waals surface area contributed by atoms with Crippen LogP contribution in [-0.4, -0.2) is 40.4 Å². The van der Waals surface area contributed by atoms with E-state index < -0.39 is 11.9 Å². The van der Waals surface area contributed by atoms with Crippen molar-refractivity contribution >= 4 is 11.9 Å². The van der Waals surface area contributed by atoms with Crippen LogP contribution in [0.15, 0.2) is 158 Å². The molecule has 0 unspecified atom stereocenters. The summed E-state index contributed by atoms with van der Waals surface area (Å²) in [5.41, 5.74) is 10.6. The summed E-state index contributed by atoms with van der Waals surface area (Å²) in [5, 5.41) is 0. The predicted octanol–water partition coefficient (Wildman–Crippen LogP) is 10.7. The number of hydrogen-bond donors (Lipinski definition) is 0. The number of rotatable bonds is 8. The van der Waals surface area contributed by atoms with E-state index in [0.29, 0.717) is 33.8 Å². The largest absolute Gasteiger partial charge is 0.493 e. The highest BCUT2D eigenvalue weighted by molar-refractivity contribution is 6.05. The zero-order chi connectivity index (χ0) is 40.4. The zero-order valence-electron chi connectivity index (χ0n) is 32.5. The summed E-state index contributed by atoms with van der Waals surface area (Å²) in [6.45, 7) is 0. The third kappa shape index (κ3) is 8.23. The molecule has 58 heavy (non-hydrogen) atoms. The standard InChI is InChI=1S/C52H38O6/c1-55-47-33-41(31-25-35-21-27-39(28-22-35)45-19-11-17-43(49(45)51(53)57-3)37-13-7-5-8-14-37)42(34-48(47)56-2)32-26-36-23-29-40(30-24-36)46-20-12-18-44(50(46)52(54)58-4)38-15-9-6-10-16-38/h5-24,27-30,33-34H,1-4H3. The van der Waals surface area contributed by atoms with Gasteiger partial charge in [-0.3, -0.25) is 0 Å². The lowest BCUT2D eigenvalue weighted by Gasteiger charge is -2.14. The van der Waals surface area contributed by atoms with E-state index in [-0.39, 0.29) is 0 Å². The minimum Gasteiger partial charge on any atom is -0.493 e. The van der Waals surface area contributed by atoms with Crippen LogP contribution < -0.4 is 9.47 Å².